The van der Waals surface area contributed by atoms with Crippen LogP contribution in [0.2, 0.25) is 0 Å². The Hall–Kier alpha value is -3.04. The molecule has 0 aromatic carbocycles. The molecule has 0 spiro atoms. The summed E-state index contributed by atoms with van der Waals surface area (Å²) in [5, 5.41) is 13.2. The molecular weight excluding hydrogens is 326 g/mol. The molecule has 0 saturated carbocycles. The van der Waals surface area contributed by atoms with Crippen LogP contribution in [0, 0.1) is 19.8 Å². The first kappa shape index (κ1) is 16.8. The predicted molar refractivity (Wildman–Crippen MR) is 85.3 cm³/mol. The molecule has 3 aromatic heterocycles. The first-order valence-corrected chi connectivity index (χ1v) is 7.88. The lowest BCUT2D eigenvalue weighted by atomic mass is 10.0. The number of H-pyrrole nitrogens is 1. The Morgan fingerprint density at radius 1 is 1.32 bits per heavy atom. The number of hydrogen-bond acceptors (Lipinski definition) is 8. The fourth-order valence-electron chi connectivity index (χ4n) is 2.44. The Labute approximate surface area is 143 Å². The maximum Gasteiger partial charge on any atom is 0.289 e. The molecule has 3 rings (SSSR count). The molecule has 0 unspecified atom stereocenters. The number of aromatic amines is 1. The van der Waals surface area contributed by atoms with Crippen LogP contribution in [0.3, 0.4) is 0 Å². The lowest BCUT2D eigenvalue weighted by Crippen LogP contribution is -2.30. The summed E-state index contributed by atoms with van der Waals surface area (Å²) >= 11 is 0. The maximum absolute atomic E-state index is 12.5. The van der Waals surface area contributed by atoms with Crippen LogP contribution in [-0.4, -0.2) is 36.2 Å². The van der Waals surface area contributed by atoms with Crippen LogP contribution < -0.4 is 5.32 Å². The van der Waals surface area contributed by atoms with Crippen molar-refractivity contribution in [2.24, 2.45) is 5.92 Å². The third kappa shape index (κ3) is 3.73. The lowest BCUT2D eigenvalue weighted by Gasteiger charge is -2.16. The molecule has 3 aromatic rings. The van der Waals surface area contributed by atoms with Gasteiger partial charge in [0.2, 0.25) is 17.5 Å². The smallest absolute Gasteiger partial charge is 0.289 e. The van der Waals surface area contributed by atoms with Gasteiger partial charge in [-0.25, -0.2) is 9.97 Å². The Morgan fingerprint density at radius 2 is 2.12 bits per heavy atom. The van der Waals surface area contributed by atoms with Crippen LogP contribution >= 0.6 is 0 Å². The van der Waals surface area contributed by atoms with E-state index in [1.807, 2.05) is 13.8 Å². The van der Waals surface area contributed by atoms with Crippen LogP contribution in [0.1, 0.15) is 54.3 Å². The van der Waals surface area contributed by atoms with Crippen molar-refractivity contribution in [3.63, 3.8) is 0 Å². The Kier molecular flexibility index (Phi) is 4.59. The van der Waals surface area contributed by atoms with Gasteiger partial charge in [0.25, 0.3) is 5.91 Å². The highest BCUT2D eigenvalue weighted by Gasteiger charge is 2.26. The van der Waals surface area contributed by atoms with Crippen molar-refractivity contribution in [1.82, 2.24) is 35.6 Å². The molecule has 0 aliphatic carbocycles. The lowest BCUT2D eigenvalue weighted by molar-refractivity contribution is 0.0892. The average Bonchev–Trinajstić information content (AvgIpc) is 3.25. The maximum atomic E-state index is 12.5. The molecule has 0 saturated heterocycles. The number of nitrogens with zero attached hydrogens (tertiary/aromatic N) is 5. The van der Waals surface area contributed by atoms with E-state index < -0.39 is 6.04 Å². The third-order valence-electron chi connectivity index (χ3n) is 3.49. The number of carbonyl (C=O) groups is 1. The zero-order chi connectivity index (χ0) is 18.0. The predicted octanol–water partition coefficient (Wildman–Crippen LogP) is 1.98. The van der Waals surface area contributed by atoms with E-state index in [-0.39, 0.29) is 17.5 Å². The minimum absolute atomic E-state index is 0.182. The number of hydrogen-bond donors (Lipinski definition) is 2. The van der Waals surface area contributed by atoms with E-state index in [1.165, 1.54) is 6.33 Å². The summed E-state index contributed by atoms with van der Waals surface area (Å²) in [4.78, 5) is 24.9. The topological polar surface area (TPSA) is 136 Å². The number of amides is 1. The second-order valence-corrected chi connectivity index (χ2v) is 6.09. The van der Waals surface area contributed by atoms with Gasteiger partial charge < -0.3 is 14.3 Å². The Bertz CT molecular complexity index is 850. The molecule has 1 atom stereocenters. The Morgan fingerprint density at radius 3 is 2.72 bits per heavy atom. The van der Waals surface area contributed by atoms with Crippen molar-refractivity contribution in [2.45, 2.75) is 40.2 Å². The van der Waals surface area contributed by atoms with Crippen molar-refractivity contribution in [3.05, 3.63) is 29.6 Å². The van der Waals surface area contributed by atoms with Crippen molar-refractivity contribution >= 4 is 5.91 Å². The minimum Gasteiger partial charge on any atom is -0.436 e. The van der Waals surface area contributed by atoms with Gasteiger partial charge in [-0.1, -0.05) is 19.0 Å². The first-order chi connectivity index (χ1) is 11.9. The Balaban J connectivity index is 1.82. The van der Waals surface area contributed by atoms with Crippen LogP contribution in [-0.2, 0) is 0 Å². The fraction of sp³-hybridized carbons (Fsp3) is 0.467. The second kappa shape index (κ2) is 6.83. The summed E-state index contributed by atoms with van der Waals surface area (Å²) in [5.74, 6) is 1.51. The van der Waals surface area contributed by atoms with Gasteiger partial charge in [0.1, 0.15) is 12.4 Å². The van der Waals surface area contributed by atoms with Crippen LogP contribution in [0.4, 0.5) is 0 Å². The highest BCUT2D eigenvalue weighted by atomic mass is 16.5. The molecule has 10 heteroatoms. The summed E-state index contributed by atoms with van der Waals surface area (Å²) < 4.78 is 10.7. The SMILES string of the molecule is Cc1nc(C)c(C(=O)N[C@@H](CC(C)C)c2nc(-c3ncn[nH]3)no2)o1. The normalized spacial score (nSPS) is 12.5. The van der Waals surface area contributed by atoms with Crippen LogP contribution in [0.15, 0.2) is 15.3 Å². The summed E-state index contributed by atoms with van der Waals surface area (Å²) in [6.45, 7) is 7.49. The minimum atomic E-state index is -0.457. The van der Waals surface area contributed by atoms with E-state index in [0.717, 1.165) is 0 Å². The van der Waals surface area contributed by atoms with E-state index >= 15 is 0 Å². The molecule has 10 nitrogen and oxygen atoms in total. The van der Waals surface area contributed by atoms with Gasteiger partial charge in [0.05, 0.1) is 5.69 Å². The monoisotopic (exact) mass is 345 g/mol. The molecular formula is C15H19N7O3. The number of aromatic nitrogens is 6. The highest BCUT2D eigenvalue weighted by molar-refractivity contribution is 5.92. The fourth-order valence-corrected chi connectivity index (χ4v) is 2.44. The summed E-state index contributed by atoms with van der Waals surface area (Å²) in [5.41, 5.74) is 0.533. The number of rotatable bonds is 6. The molecule has 0 bridgehead atoms. The molecule has 0 radical (unpaired) electrons. The molecule has 25 heavy (non-hydrogen) atoms. The van der Waals surface area contributed by atoms with Gasteiger partial charge in [0.15, 0.2) is 11.7 Å². The molecule has 0 aliphatic rings. The standard InChI is InChI=1S/C15H19N7O3/c1-7(2)5-10(19-14(23)11-8(3)18-9(4)24-11)15-20-13(22-25-15)12-16-6-17-21-12/h6-7,10H,5H2,1-4H3,(H,19,23)(H,16,17,21)/t10-/m0/s1. The van der Waals surface area contributed by atoms with E-state index in [4.69, 9.17) is 8.94 Å². The van der Waals surface area contributed by atoms with Gasteiger partial charge >= 0.3 is 0 Å². The van der Waals surface area contributed by atoms with Gasteiger partial charge in [-0.3, -0.25) is 9.89 Å². The van der Waals surface area contributed by atoms with Gasteiger partial charge in [0, 0.05) is 6.92 Å². The summed E-state index contributed by atoms with van der Waals surface area (Å²) in [6.07, 6.45) is 1.98. The van der Waals surface area contributed by atoms with Crippen molar-refractivity contribution in [2.75, 3.05) is 0 Å². The quantitative estimate of drug-likeness (QED) is 0.692. The first-order valence-electron chi connectivity index (χ1n) is 7.88. The summed E-state index contributed by atoms with van der Waals surface area (Å²) in [6, 6.07) is -0.457. The largest absolute Gasteiger partial charge is 0.436 e. The molecule has 132 valence electrons. The average molecular weight is 345 g/mol. The molecule has 0 fully saturated rings. The molecule has 2 N–H and O–H groups in total. The zero-order valence-corrected chi connectivity index (χ0v) is 14.4. The van der Waals surface area contributed by atoms with Crippen molar-refractivity contribution in [1.29, 1.82) is 0 Å². The van der Waals surface area contributed by atoms with E-state index in [2.05, 4.69) is 35.6 Å². The van der Waals surface area contributed by atoms with Crippen molar-refractivity contribution in [3.8, 4) is 11.6 Å². The molecule has 1 amide bonds. The van der Waals surface area contributed by atoms with Gasteiger partial charge in [-0.05, 0) is 19.3 Å². The van der Waals surface area contributed by atoms with Gasteiger partial charge in [-0.2, -0.15) is 10.1 Å². The van der Waals surface area contributed by atoms with Crippen molar-refractivity contribution < 1.29 is 13.7 Å². The number of carbonyl (C=O) groups excluding carboxylic acids is 1. The zero-order valence-electron chi connectivity index (χ0n) is 14.4. The number of aryl methyl sites for hydroxylation is 2. The molecule has 0 aliphatic heterocycles. The van der Waals surface area contributed by atoms with Crippen LogP contribution in [0.5, 0.6) is 0 Å². The van der Waals surface area contributed by atoms with E-state index in [0.29, 0.717) is 35.6 Å². The summed E-state index contributed by atoms with van der Waals surface area (Å²) in [7, 11) is 0. The molecule has 3 heterocycles. The van der Waals surface area contributed by atoms with Gasteiger partial charge in [-0.15, -0.1) is 0 Å². The van der Waals surface area contributed by atoms with E-state index in [1.54, 1.807) is 13.8 Å². The highest BCUT2D eigenvalue weighted by Crippen LogP contribution is 2.23. The number of oxazole rings is 1. The van der Waals surface area contributed by atoms with E-state index in [9.17, 15) is 4.79 Å². The van der Waals surface area contributed by atoms with Crippen LogP contribution in [0.25, 0.3) is 11.6 Å². The second-order valence-electron chi connectivity index (χ2n) is 6.09. The third-order valence-corrected chi connectivity index (χ3v) is 3.49. The number of nitrogens with one attached hydrogen (secondary N) is 2.